The Kier molecular flexibility index (Phi) is 6.14. The van der Waals surface area contributed by atoms with Gasteiger partial charge in [-0.25, -0.2) is 8.42 Å². The Bertz CT molecular complexity index is 1090. The number of benzene rings is 2. The Labute approximate surface area is 187 Å². The molecule has 9 heteroatoms. The van der Waals surface area contributed by atoms with Crippen LogP contribution >= 0.6 is 11.6 Å². The van der Waals surface area contributed by atoms with Crippen molar-refractivity contribution in [1.29, 1.82) is 0 Å². The molecule has 0 radical (unpaired) electrons. The zero-order chi connectivity index (χ0) is 22.2. The first kappa shape index (κ1) is 21.9. The fourth-order valence-electron chi connectivity index (χ4n) is 3.99. The Morgan fingerprint density at radius 1 is 1.06 bits per heavy atom. The number of halogens is 1. The first-order chi connectivity index (χ1) is 14.8. The third-order valence-corrected chi connectivity index (χ3v) is 7.85. The first-order valence-corrected chi connectivity index (χ1v) is 12.0. The second-order valence-electron chi connectivity index (χ2n) is 7.91. The van der Waals surface area contributed by atoms with E-state index in [1.165, 1.54) is 16.4 Å². The number of sulfonamides is 1. The van der Waals surface area contributed by atoms with Gasteiger partial charge in [0.05, 0.1) is 15.6 Å². The lowest BCUT2D eigenvalue weighted by molar-refractivity contribution is -0.120. The van der Waals surface area contributed by atoms with E-state index in [9.17, 15) is 13.2 Å². The third-order valence-electron chi connectivity index (χ3n) is 5.66. The summed E-state index contributed by atoms with van der Waals surface area (Å²) in [6.45, 7) is 5.23. The summed E-state index contributed by atoms with van der Waals surface area (Å²) in [4.78, 5) is 12.9. The Hall–Kier alpha value is -2.29. The number of carbonyl (C=O) groups is 1. The maximum atomic E-state index is 13.1. The van der Waals surface area contributed by atoms with Gasteiger partial charge >= 0.3 is 0 Å². The molecule has 0 aromatic heterocycles. The van der Waals surface area contributed by atoms with Gasteiger partial charge in [0.15, 0.2) is 11.5 Å². The van der Waals surface area contributed by atoms with E-state index in [1.807, 2.05) is 26.0 Å². The molecule has 0 spiro atoms. The molecule has 0 atom stereocenters. The van der Waals surface area contributed by atoms with Gasteiger partial charge in [0.1, 0.15) is 13.2 Å². The van der Waals surface area contributed by atoms with E-state index in [0.717, 1.165) is 11.1 Å². The molecule has 166 valence electrons. The van der Waals surface area contributed by atoms with Gasteiger partial charge in [-0.2, -0.15) is 4.31 Å². The number of fused-ring (bicyclic) bond motifs is 1. The number of nitrogens with one attached hydrogen (secondary N) is 1. The molecule has 2 aliphatic heterocycles. The summed E-state index contributed by atoms with van der Waals surface area (Å²) in [5, 5.41) is 3.43. The van der Waals surface area contributed by atoms with Gasteiger partial charge in [0.25, 0.3) is 0 Å². The van der Waals surface area contributed by atoms with Crippen LogP contribution in [-0.2, 0) is 14.8 Å². The Morgan fingerprint density at radius 2 is 1.74 bits per heavy atom. The lowest BCUT2D eigenvalue weighted by atomic mass is 9.97. The van der Waals surface area contributed by atoms with Crippen molar-refractivity contribution in [1.82, 2.24) is 4.31 Å². The molecule has 7 nitrogen and oxygen atoms in total. The highest BCUT2D eigenvalue weighted by Gasteiger charge is 2.33. The summed E-state index contributed by atoms with van der Waals surface area (Å²) >= 11 is 6.30. The van der Waals surface area contributed by atoms with Crippen LogP contribution < -0.4 is 14.8 Å². The number of anilines is 1. The van der Waals surface area contributed by atoms with E-state index in [1.54, 1.807) is 6.07 Å². The fourth-order valence-corrected chi connectivity index (χ4v) is 5.84. The number of piperidine rings is 1. The maximum Gasteiger partial charge on any atom is 0.243 e. The van der Waals surface area contributed by atoms with E-state index in [4.69, 9.17) is 21.1 Å². The minimum Gasteiger partial charge on any atom is -0.486 e. The number of ether oxygens (including phenoxy) is 2. The molecule has 1 fully saturated rings. The number of aryl methyl sites for hydroxylation is 2. The Balaban J connectivity index is 1.42. The average molecular weight is 465 g/mol. The van der Waals surface area contributed by atoms with Crippen molar-refractivity contribution in [3.8, 4) is 11.5 Å². The second kappa shape index (κ2) is 8.68. The number of hydrogen-bond donors (Lipinski definition) is 1. The van der Waals surface area contributed by atoms with Crippen LogP contribution in [0.2, 0.25) is 5.02 Å². The Morgan fingerprint density at radius 3 is 2.42 bits per heavy atom. The number of hydrogen-bond acceptors (Lipinski definition) is 5. The SMILES string of the molecule is Cc1cc(C)c(NC(=O)C2CCN(S(=O)(=O)c3ccc4c(c3)OCCO4)CC2)c(Cl)c1. The van der Waals surface area contributed by atoms with Gasteiger partial charge in [0, 0.05) is 25.1 Å². The van der Waals surface area contributed by atoms with Crippen molar-refractivity contribution in [3.63, 3.8) is 0 Å². The summed E-state index contributed by atoms with van der Waals surface area (Å²) in [6, 6.07) is 8.43. The fraction of sp³-hybridized carbons (Fsp3) is 0.409. The highest BCUT2D eigenvalue weighted by atomic mass is 35.5. The van der Waals surface area contributed by atoms with Crippen LogP contribution in [0.15, 0.2) is 35.2 Å². The van der Waals surface area contributed by atoms with E-state index in [2.05, 4.69) is 5.32 Å². The highest BCUT2D eigenvalue weighted by Crippen LogP contribution is 2.34. The van der Waals surface area contributed by atoms with Crippen molar-refractivity contribution in [2.24, 2.45) is 5.92 Å². The number of nitrogens with zero attached hydrogens (tertiary/aromatic N) is 1. The van der Waals surface area contributed by atoms with Crippen molar-refractivity contribution < 1.29 is 22.7 Å². The normalized spacial score (nSPS) is 17.4. The molecule has 1 N–H and O–H groups in total. The molecule has 1 amide bonds. The summed E-state index contributed by atoms with van der Waals surface area (Å²) in [6.07, 6.45) is 0.885. The summed E-state index contributed by atoms with van der Waals surface area (Å²) in [5.41, 5.74) is 2.54. The first-order valence-electron chi connectivity index (χ1n) is 10.2. The zero-order valence-corrected chi connectivity index (χ0v) is 19.1. The van der Waals surface area contributed by atoms with Crippen molar-refractivity contribution >= 4 is 33.2 Å². The average Bonchev–Trinajstić information content (AvgIpc) is 2.75. The van der Waals surface area contributed by atoms with Crippen molar-refractivity contribution in [2.75, 3.05) is 31.6 Å². The molecule has 31 heavy (non-hydrogen) atoms. The summed E-state index contributed by atoms with van der Waals surface area (Å²) in [5.74, 6) is 0.575. The van der Waals surface area contributed by atoms with Crippen LogP contribution in [0, 0.1) is 19.8 Å². The van der Waals surface area contributed by atoms with Gasteiger partial charge in [-0.3, -0.25) is 4.79 Å². The smallest absolute Gasteiger partial charge is 0.243 e. The topological polar surface area (TPSA) is 84.9 Å². The highest BCUT2D eigenvalue weighted by molar-refractivity contribution is 7.89. The third kappa shape index (κ3) is 4.51. The summed E-state index contributed by atoms with van der Waals surface area (Å²) in [7, 11) is -3.68. The van der Waals surface area contributed by atoms with Gasteiger partial charge in [-0.05, 0) is 56.0 Å². The molecule has 2 aromatic carbocycles. The molecule has 2 heterocycles. The van der Waals surface area contributed by atoms with Gasteiger partial charge < -0.3 is 14.8 Å². The van der Waals surface area contributed by atoms with E-state index < -0.39 is 10.0 Å². The maximum absolute atomic E-state index is 13.1. The monoisotopic (exact) mass is 464 g/mol. The molecule has 0 bridgehead atoms. The molecular weight excluding hydrogens is 440 g/mol. The molecule has 0 aliphatic carbocycles. The number of carbonyl (C=O) groups excluding carboxylic acids is 1. The predicted octanol–water partition coefficient (Wildman–Crippen LogP) is 3.77. The predicted molar refractivity (Wildman–Crippen MR) is 118 cm³/mol. The quantitative estimate of drug-likeness (QED) is 0.744. The second-order valence-corrected chi connectivity index (χ2v) is 10.3. The van der Waals surface area contributed by atoms with Crippen LogP contribution in [0.4, 0.5) is 5.69 Å². The van der Waals surface area contributed by atoms with Crippen LogP contribution in [0.5, 0.6) is 11.5 Å². The zero-order valence-electron chi connectivity index (χ0n) is 17.5. The summed E-state index contributed by atoms with van der Waals surface area (Å²) < 4.78 is 38.5. The molecule has 1 saturated heterocycles. The number of rotatable bonds is 4. The van der Waals surface area contributed by atoms with Crippen LogP contribution in [0.25, 0.3) is 0 Å². The molecule has 4 rings (SSSR count). The van der Waals surface area contributed by atoms with Gasteiger partial charge in [-0.15, -0.1) is 0 Å². The minimum absolute atomic E-state index is 0.134. The van der Waals surface area contributed by atoms with E-state index >= 15 is 0 Å². The van der Waals surface area contributed by atoms with Crippen LogP contribution in [0.1, 0.15) is 24.0 Å². The largest absolute Gasteiger partial charge is 0.486 e. The van der Waals surface area contributed by atoms with Gasteiger partial charge in [0.2, 0.25) is 15.9 Å². The lowest BCUT2D eigenvalue weighted by Gasteiger charge is -2.31. The van der Waals surface area contributed by atoms with Crippen LogP contribution in [-0.4, -0.2) is 44.9 Å². The minimum atomic E-state index is -3.68. The molecular formula is C22H25ClN2O5S. The molecule has 2 aliphatic rings. The lowest BCUT2D eigenvalue weighted by Crippen LogP contribution is -2.41. The van der Waals surface area contributed by atoms with Crippen molar-refractivity contribution in [2.45, 2.75) is 31.6 Å². The van der Waals surface area contributed by atoms with Crippen molar-refractivity contribution in [3.05, 3.63) is 46.5 Å². The standard InChI is InChI=1S/C22H25ClN2O5S/c1-14-11-15(2)21(18(23)12-14)24-22(26)16-5-7-25(8-6-16)31(27,28)17-3-4-19-20(13-17)30-10-9-29-19/h3-4,11-13,16H,5-10H2,1-2H3,(H,24,26). The molecule has 0 saturated carbocycles. The van der Waals surface area contributed by atoms with E-state index in [0.29, 0.717) is 48.3 Å². The van der Waals surface area contributed by atoms with E-state index in [-0.39, 0.29) is 29.8 Å². The molecule has 0 unspecified atom stereocenters. The van der Waals surface area contributed by atoms with Crippen LogP contribution in [0.3, 0.4) is 0 Å². The van der Waals surface area contributed by atoms with Gasteiger partial charge in [-0.1, -0.05) is 17.7 Å². The number of amides is 1. The molecule has 2 aromatic rings.